The minimum atomic E-state index is -0.491. The first kappa shape index (κ1) is 12.2. The van der Waals surface area contributed by atoms with Crippen LogP contribution in [0.2, 0.25) is 0 Å². The van der Waals surface area contributed by atoms with E-state index in [0.717, 1.165) is 4.90 Å². The van der Waals surface area contributed by atoms with Crippen molar-refractivity contribution in [1.82, 2.24) is 15.0 Å². The monoisotopic (exact) mass is 263 g/mol. The lowest BCUT2D eigenvalue weighted by Gasteiger charge is -2.04. The minimum Gasteiger partial charge on any atom is -0.367 e. The van der Waals surface area contributed by atoms with E-state index in [1.165, 1.54) is 18.1 Å². The summed E-state index contributed by atoms with van der Waals surface area (Å²) in [4.78, 5) is 23.1. The molecular weight excluding hydrogens is 254 g/mol. The van der Waals surface area contributed by atoms with Crippen molar-refractivity contribution in [3.8, 4) is 0 Å². The molecule has 0 aliphatic rings. The summed E-state index contributed by atoms with van der Waals surface area (Å²) < 4.78 is 0. The van der Waals surface area contributed by atoms with Gasteiger partial charge in [0.05, 0.1) is 4.92 Å². The third kappa shape index (κ3) is 2.54. The maximum Gasteiger partial charge on any atom is 0.343 e. The van der Waals surface area contributed by atoms with Crippen molar-refractivity contribution in [3.63, 3.8) is 0 Å². The smallest absolute Gasteiger partial charge is 0.343 e. The molecule has 2 rings (SSSR count). The third-order valence-corrected chi connectivity index (χ3v) is 3.07. The number of hydrogen-bond acceptors (Lipinski definition) is 7. The number of aromatic nitrogens is 3. The molecule has 0 fully saturated rings. The van der Waals surface area contributed by atoms with Crippen LogP contribution in [0.3, 0.4) is 0 Å². The summed E-state index contributed by atoms with van der Waals surface area (Å²) in [5, 5.41) is 14.0. The van der Waals surface area contributed by atoms with Gasteiger partial charge in [-0.3, -0.25) is 15.1 Å². The van der Waals surface area contributed by atoms with Gasteiger partial charge in [0.25, 0.3) is 0 Å². The first-order valence-corrected chi connectivity index (χ1v) is 5.79. The van der Waals surface area contributed by atoms with E-state index in [0.29, 0.717) is 5.03 Å². The van der Waals surface area contributed by atoms with Crippen LogP contribution in [0.4, 0.5) is 11.5 Å². The van der Waals surface area contributed by atoms with Gasteiger partial charge in [-0.05, 0) is 12.1 Å². The Morgan fingerprint density at radius 2 is 2.06 bits per heavy atom. The molecule has 8 heteroatoms. The SMILES string of the molecule is CNc1ncnc(Sc2ccncc2)c1[N+](=O)[O-]. The van der Waals surface area contributed by atoms with Crippen LogP contribution in [0.1, 0.15) is 0 Å². The number of hydrogen-bond donors (Lipinski definition) is 1. The molecule has 92 valence electrons. The van der Waals surface area contributed by atoms with Crippen LogP contribution in [0.15, 0.2) is 40.8 Å². The van der Waals surface area contributed by atoms with Crippen molar-refractivity contribution in [1.29, 1.82) is 0 Å². The number of pyridine rings is 1. The van der Waals surface area contributed by atoms with Crippen LogP contribution in [0.5, 0.6) is 0 Å². The third-order valence-electron chi connectivity index (χ3n) is 2.07. The lowest BCUT2D eigenvalue weighted by Crippen LogP contribution is -2.02. The summed E-state index contributed by atoms with van der Waals surface area (Å²) in [6.07, 6.45) is 4.53. The Morgan fingerprint density at radius 3 is 2.67 bits per heavy atom. The van der Waals surface area contributed by atoms with Crippen molar-refractivity contribution in [3.05, 3.63) is 41.0 Å². The standard InChI is InChI=1S/C10H9N5O2S/c1-11-9-8(15(16)17)10(14-6-13-9)18-7-2-4-12-5-3-7/h2-6H,1H3,(H,11,13,14). The van der Waals surface area contributed by atoms with Gasteiger partial charge >= 0.3 is 5.69 Å². The van der Waals surface area contributed by atoms with Gasteiger partial charge in [0.2, 0.25) is 5.82 Å². The molecule has 0 amide bonds. The molecule has 0 unspecified atom stereocenters. The van der Waals surface area contributed by atoms with Crippen molar-refractivity contribution in [2.75, 3.05) is 12.4 Å². The van der Waals surface area contributed by atoms with E-state index >= 15 is 0 Å². The number of nitrogens with one attached hydrogen (secondary N) is 1. The van der Waals surface area contributed by atoms with Gasteiger partial charge in [0.15, 0.2) is 5.03 Å². The van der Waals surface area contributed by atoms with Crippen molar-refractivity contribution in [2.45, 2.75) is 9.92 Å². The highest BCUT2D eigenvalue weighted by Gasteiger charge is 2.22. The van der Waals surface area contributed by atoms with Crippen molar-refractivity contribution >= 4 is 23.3 Å². The van der Waals surface area contributed by atoms with Crippen LogP contribution in [0, 0.1) is 10.1 Å². The van der Waals surface area contributed by atoms with E-state index in [1.54, 1.807) is 31.6 Å². The van der Waals surface area contributed by atoms with Crippen LogP contribution < -0.4 is 5.32 Å². The van der Waals surface area contributed by atoms with Gasteiger partial charge in [0.1, 0.15) is 6.33 Å². The highest BCUT2D eigenvalue weighted by molar-refractivity contribution is 7.99. The summed E-state index contributed by atoms with van der Waals surface area (Å²) in [6.45, 7) is 0. The minimum absolute atomic E-state index is 0.123. The predicted molar refractivity (Wildman–Crippen MR) is 66.6 cm³/mol. The topological polar surface area (TPSA) is 93.8 Å². The van der Waals surface area contributed by atoms with Crippen LogP contribution in [-0.2, 0) is 0 Å². The number of rotatable bonds is 4. The van der Waals surface area contributed by atoms with Crippen molar-refractivity contribution < 1.29 is 4.92 Å². The average molecular weight is 263 g/mol. The lowest BCUT2D eigenvalue weighted by molar-refractivity contribution is -0.387. The van der Waals surface area contributed by atoms with E-state index in [1.807, 2.05) is 0 Å². The largest absolute Gasteiger partial charge is 0.367 e. The second-order valence-electron chi connectivity index (χ2n) is 3.17. The maximum absolute atomic E-state index is 11.1. The molecule has 0 bridgehead atoms. The molecule has 18 heavy (non-hydrogen) atoms. The molecule has 0 saturated heterocycles. The summed E-state index contributed by atoms with van der Waals surface area (Å²) in [6, 6.07) is 3.52. The fourth-order valence-corrected chi connectivity index (χ4v) is 2.15. The van der Waals surface area contributed by atoms with E-state index in [4.69, 9.17) is 0 Å². The highest BCUT2D eigenvalue weighted by Crippen LogP contribution is 2.35. The van der Waals surface area contributed by atoms with Gasteiger partial charge in [0, 0.05) is 24.3 Å². The number of anilines is 1. The summed E-state index contributed by atoms with van der Waals surface area (Å²) in [7, 11) is 1.58. The normalized spacial score (nSPS) is 10.1. The van der Waals surface area contributed by atoms with Gasteiger partial charge in [-0.25, -0.2) is 9.97 Å². The maximum atomic E-state index is 11.1. The molecule has 2 heterocycles. The predicted octanol–water partition coefficient (Wildman–Crippen LogP) is 1.97. The lowest BCUT2D eigenvalue weighted by atomic mass is 10.5. The van der Waals surface area contributed by atoms with E-state index in [2.05, 4.69) is 20.3 Å². The molecule has 0 aliphatic carbocycles. The number of nitro groups is 1. The fraction of sp³-hybridized carbons (Fsp3) is 0.100. The molecule has 0 atom stereocenters. The molecule has 0 aliphatic heterocycles. The first-order chi connectivity index (χ1) is 8.72. The Labute approximate surface area is 107 Å². The molecule has 0 spiro atoms. The zero-order chi connectivity index (χ0) is 13.0. The molecule has 7 nitrogen and oxygen atoms in total. The van der Waals surface area contributed by atoms with Gasteiger partial charge in [-0.1, -0.05) is 11.8 Å². The van der Waals surface area contributed by atoms with Gasteiger partial charge in [-0.15, -0.1) is 0 Å². The molecule has 0 radical (unpaired) electrons. The summed E-state index contributed by atoms with van der Waals surface area (Å²) >= 11 is 1.20. The Hall–Kier alpha value is -2.22. The van der Waals surface area contributed by atoms with Crippen LogP contribution in [0.25, 0.3) is 0 Å². The van der Waals surface area contributed by atoms with Crippen LogP contribution in [-0.4, -0.2) is 26.9 Å². The zero-order valence-electron chi connectivity index (χ0n) is 9.40. The summed E-state index contributed by atoms with van der Waals surface area (Å²) in [5.74, 6) is 0.201. The fourth-order valence-electron chi connectivity index (χ4n) is 1.30. The molecular formula is C10H9N5O2S. The molecule has 0 aromatic carbocycles. The molecule has 1 N–H and O–H groups in total. The second-order valence-corrected chi connectivity index (χ2v) is 4.23. The average Bonchev–Trinajstić information content (AvgIpc) is 2.39. The Bertz CT molecular complexity index is 563. The number of nitrogens with zero attached hydrogens (tertiary/aromatic N) is 4. The molecule has 0 saturated carbocycles. The first-order valence-electron chi connectivity index (χ1n) is 4.97. The quantitative estimate of drug-likeness (QED) is 0.512. The van der Waals surface area contributed by atoms with Crippen LogP contribution >= 0.6 is 11.8 Å². The van der Waals surface area contributed by atoms with E-state index in [9.17, 15) is 10.1 Å². The van der Waals surface area contributed by atoms with E-state index in [-0.39, 0.29) is 11.5 Å². The Morgan fingerprint density at radius 1 is 1.33 bits per heavy atom. The molecule has 2 aromatic rings. The molecule has 2 aromatic heterocycles. The zero-order valence-corrected chi connectivity index (χ0v) is 10.2. The Balaban J connectivity index is 2.42. The summed E-state index contributed by atoms with van der Waals surface area (Å²) in [5.41, 5.74) is -0.123. The highest BCUT2D eigenvalue weighted by atomic mass is 32.2. The second kappa shape index (κ2) is 5.41. The Kier molecular flexibility index (Phi) is 3.68. The van der Waals surface area contributed by atoms with E-state index < -0.39 is 4.92 Å². The van der Waals surface area contributed by atoms with Crippen molar-refractivity contribution in [2.24, 2.45) is 0 Å². The van der Waals surface area contributed by atoms with Gasteiger partial charge < -0.3 is 5.32 Å². The van der Waals surface area contributed by atoms with Gasteiger partial charge in [-0.2, -0.15) is 0 Å².